The Hall–Kier alpha value is -4.50. The zero-order chi connectivity index (χ0) is 26.6. The average molecular weight is 532 g/mol. The van der Waals surface area contributed by atoms with E-state index in [-0.39, 0.29) is 22.8 Å². The third-order valence-corrected chi connectivity index (χ3v) is 7.01. The van der Waals surface area contributed by atoms with Crippen LogP contribution in [0.25, 0.3) is 22.9 Å². The Kier molecular flexibility index (Phi) is 5.72. The van der Waals surface area contributed by atoms with Crippen molar-refractivity contribution in [3.05, 3.63) is 104 Å². The minimum atomic E-state index is -0.486. The molecule has 38 heavy (non-hydrogen) atoms. The van der Waals surface area contributed by atoms with E-state index in [0.29, 0.717) is 51.0 Å². The Labute approximate surface area is 220 Å². The molecule has 7 nitrogen and oxygen atoms in total. The predicted molar refractivity (Wildman–Crippen MR) is 143 cm³/mol. The van der Waals surface area contributed by atoms with E-state index in [2.05, 4.69) is 10.3 Å². The minimum absolute atomic E-state index is 0.138. The fraction of sp³-hybridized carbons (Fsp3) is 0.107. The van der Waals surface area contributed by atoms with Crippen molar-refractivity contribution >= 4 is 46.5 Å². The Bertz CT molecular complexity index is 1800. The SMILES string of the molecule is CN1C=CC(NC(=O)Cc2cc(F)ccc2Cl)=c2cnc3c4c([nH]c(=O)c-4c21)=CCN3c1ccc(F)cc1. The summed E-state index contributed by atoms with van der Waals surface area (Å²) in [6, 6.07) is 9.92. The summed E-state index contributed by atoms with van der Waals surface area (Å²) in [5.41, 5.74) is 2.84. The maximum atomic E-state index is 13.7. The zero-order valence-corrected chi connectivity index (χ0v) is 20.8. The molecular formula is C28H20ClF2N5O2. The number of amides is 1. The van der Waals surface area contributed by atoms with Crippen molar-refractivity contribution in [3.8, 4) is 11.1 Å². The number of rotatable bonds is 4. The van der Waals surface area contributed by atoms with E-state index in [4.69, 9.17) is 16.6 Å². The molecule has 4 heterocycles. The van der Waals surface area contributed by atoms with Gasteiger partial charge in [0.1, 0.15) is 17.5 Å². The second-order valence-corrected chi connectivity index (χ2v) is 9.46. The lowest BCUT2D eigenvalue weighted by atomic mass is 10.0. The molecule has 2 N–H and O–H groups in total. The van der Waals surface area contributed by atoms with Crippen LogP contribution in [-0.4, -0.2) is 29.5 Å². The molecule has 6 rings (SSSR count). The van der Waals surface area contributed by atoms with Crippen LogP contribution in [0.5, 0.6) is 0 Å². The lowest BCUT2D eigenvalue weighted by Gasteiger charge is -2.26. The second-order valence-electron chi connectivity index (χ2n) is 9.05. The number of H-pyrrole nitrogens is 1. The lowest BCUT2D eigenvalue weighted by Crippen LogP contribution is -2.33. The standard InChI is InChI=1S/C28H20ClF2N5O2/c1-35-10-8-21(33-23(37)13-15-12-17(31)4-7-20(15)29)19-14-32-27-24-22(34-28(38)25(24)26(19)35)9-11-36(27)18-5-2-16(30)3-6-18/h2-10,12,14H,11,13H2,1H3,(H,33,37)(H,34,38). The summed E-state index contributed by atoms with van der Waals surface area (Å²) in [5, 5.41) is 4.34. The molecule has 0 aliphatic carbocycles. The van der Waals surface area contributed by atoms with Gasteiger partial charge in [-0.1, -0.05) is 11.6 Å². The first-order valence-corrected chi connectivity index (χ1v) is 12.2. The molecule has 0 bridgehead atoms. The number of carbonyl (C=O) groups excluding carboxylic acids is 1. The summed E-state index contributed by atoms with van der Waals surface area (Å²) in [6.45, 7) is 0.422. The molecule has 0 saturated carbocycles. The number of hydrogen-bond donors (Lipinski definition) is 2. The summed E-state index contributed by atoms with van der Waals surface area (Å²) in [4.78, 5) is 37.6. The number of fused-ring (bicyclic) bond motifs is 2. The fourth-order valence-electron chi connectivity index (χ4n) is 4.88. The van der Waals surface area contributed by atoms with Crippen LogP contribution in [0, 0.1) is 11.6 Å². The van der Waals surface area contributed by atoms with E-state index >= 15 is 0 Å². The highest BCUT2D eigenvalue weighted by Crippen LogP contribution is 2.36. The van der Waals surface area contributed by atoms with Gasteiger partial charge < -0.3 is 20.1 Å². The summed E-state index contributed by atoms with van der Waals surface area (Å²) < 4.78 is 27.3. The molecule has 0 aromatic heterocycles. The van der Waals surface area contributed by atoms with Crippen LogP contribution in [0.15, 0.2) is 65.7 Å². The van der Waals surface area contributed by atoms with Crippen molar-refractivity contribution in [2.75, 3.05) is 23.4 Å². The van der Waals surface area contributed by atoms with Gasteiger partial charge in [-0.15, -0.1) is 0 Å². The number of benzene rings is 2. The van der Waals surface area contributed by atoms with Gasteiger partial charge in [-0.25, -0.2) is 13.8 Å². The van der Waals surface area contributed by atoms with Crippen LogP contribution in [-0.2, 0) is 11.2 Å². The minimum Gasteiger partial charge on any atom is -0.350 e. The number of nitrogens with one attached hydrogen (secondary N) is 2. The van der Waals surface area contributed by atoms with Crippen LogP contribution in [0.1, 0.15) is 5.56 Å². The van der Waals surface area contributed by atoms with Gasteiger partial charge in [0, 0.05) is 41.9 Å². The molecule has 1 amide bonds. The number of nitrogens with zero attached hydrogens (tertiary/aromatic N) is 3. The van der Waals surface area contributed by atoms with E-state index in [1.165, 1.54) is 30.3 Å². The maximum Gasteiger partial charge on any atom is 0.258 e. The van der Waals surface area contributed by atoms with Gasteiger partial charge in [-0.05, 0) is 60.2 Å². The Morgan fingerprint density at radius 1 is 1.13 bits per heavy atom. The molecule has 0 spiro atoms. The highest BCUT2D eigenvalue weighted by molar-refractivity contribution is 6.31. The van der Waals surface area contributed by atoms with Crippen LogP contribution in [0.3, 0.4) is 0 Å². The highest BCUT2D eigenvalue weighted by atomic mass is 35.5. The Morgan fingerprint density at radius 2 is 1.89 bits per heavy atom. The molecule has 0 saturated heterocycles. The molecule has 10 heteroatoms. The van der Waals surface area contributed by atoms with Crippen molar-refractivity contribution in [1.29, 1.82) is 0 Å². The van der Waals surface area contributed by atoms with Crippen molar-refractivity contribution < 1.29 is 13.6 Å². The maximum absolute atomic E-state index is 13.7. The van der Waals surface area contributed by atoms with Crippen molar-refractivity contribution in [1.82, 2.24) is 15.3 Å². The largest absolute Gasteiger partial charge is 0.350 e. The first kappa shape index (κ1) is 23.9. The monoisotopic (exact) mass is 531 g/mol. The number of anilines is 3. The van der Waals surface area contributed by atoms with Gasteiger partial charge in [0.15, 0.2) is 0 Å². The first-order chi connectivity index (χ1) is 18.3. The third-order valence-electron chi connectivity index (χ3n) is 6.64. The van der Waals surface area contributed by atoms with Crippen LogP contribution in [0.2, 0.25) is 5.02 Å². The first-order valence-electron chi connectivity index (χ1n) is 11.8. The van der Waals surface area contributed by atoms with Crippen LogP contribution >= 0.6 is 11.6 Å². The molecule has 2 aromatic rings. The molecule has 4 aliphatic heterocycles. The second kappa shape index (κ2) is 9.11. The quantitative estimate of drug-likeness (QED) is 0.423. The van der Waals surface area contributed by atoms with Gasteiger partial charge in [-0.2, -0.15) is 0 Å². The fourth-order valence-corrected chi connectivity index (χ4v) is 5.07. The van der Waals surface area contributed by atoms with Crippen LogP contribution < -0.4 is 31.2 Å². The summed E-state index contributed by atoms with van der Waals surface area (Å²) in [6.07, 6.45) is 6.82. The summed E-state index contributed by atoms with van der Waals surface area (Å²) in [5.74, 6) is -0.714. The number of aromatic amines is 1. The normalized spacial score (nSPS) is 13.9. The number of halogens is 3. The smallest absolute Gasteiger partial charge is 0.258 e. The molecule has 2 aromatic carbocycles. The van der Waals surface area contributed by atoms with Gasteiger partial charge >= 0.3 is 0 Å². The van der Waals surface area contributed by atoms with Crippen LogP contribution in [0.4, 0.5) is 26.0 Å². The highest BCUT2D eigenvalue weighted by Gasteiger charge is 2.29. The molecule has 190 valence electrons. The molecule has 4 aliphatic rings. The zero-order valence-electron chi connectivity index (χ0n) is 20.1. The molecule has 0 atom stereocenters. The number of hydrogen-bond acceptors (Lipinski definition) is 5. The Morgan fingerprint density at radius 3 is 2.68 bits per heavy atom. The third kappa shape index (κ3) is 4.01. The Balaban J connectivity index is 1.50. The molecule has 0 unspecified atom stereocenters. The lowest BCUT2D eigenvalue weighted by molar-refractivity contribution is -0.119. The summed E-state index contributed by atoms with van der Waals surface area (Å²) >= 11 is 6.15. The topological polar surface area (TPSA) is 81.3 Å². The number of aromatic nitrogens is 2. The van der Waals surface area contributed by atoms with Gasteiger partial charge in [-0.3, -0.25) is 9.59 Å². The van der Waals surface area contributed by atoms with E-state index in [1.54, 1.807) is 42.6 Å². The van der Waals surface area contributed by atoms with E-state index in [0.717, 1.165) is 5.69 Å². The summed E-state index contributed by atoms with van der Waals surface area (Å²) in [7, 11) is 1.80. The van der Waals surface area contributed by atoms with E-state index in [1.807, 2.05) is 11.0 Å². The molecular weight excluding hydrogens is 512 g/mol. The van der Waals surface area contributed by atoms with Crippen molar-refractivity contribution in [2.45, 2.75) is 6.42 Å². The molecule has 0 radical (unpaired) electrons. The van der Waals surface area contributed by atoms with Gasteiger partial charge in [0.25, 0.3) is 5.56 Å². The van der Waals surface area contributed by atoms with Gasteiger partial charge in [0.2, 0.25) is 5.91 Å². The van der Waals surface area contributed by atoms with Crippen molar-refractivity contribution in [2.24, 2.45) is 0 Å². The van der Waals surface area contributed by atoms with E-state index < -0.39 is 11.7 Å². The van der Waals surface area contributed by atoms with Crippen molar-refractivity contribution in [3.63, 3.8) is 0 Å². The number of carbonyl (C=O) groups is 1. The molecule has 0 fully saturated rings. The van der Waals surface area contributed by atoms with E-state index in [9.17, 15) is 18.4 Å². The average Bonchev–Trinajstić information content (AvgIpc) is 3.10. The predicted octanol–water partition coefficient (Wildman–Crippen LogP) is 3.17. The van der Waals surface area contributed by atoms with Gasteiger partial charge in [0.05, 0.1) is 34.3 Å².